The highest BCUT2D eigenvalue weighted by Gasteiger charge is 2.49. The van der Waals surface area contributed by atoms with Gasteiger partial charge in [0, 0.05) is 17.4 Å². The number of unbranched alkanes of at least 4 members (excludes halogenated alkanes) is 2. The summed E-state index contributed by atoms with van der Waals surface area (Å²) >= 11 is 0. The zero-order valence-corrected chi connectivity index (χ0v) is 22.0. The fraction of sp³-hybridized carbons (Fsp3) is 0.500. The van der Waals surface area contributed by atoms with E-state index in [1.165, 1.54) is 0 Å². The second-order valence-corrected chi connectivity index (χ2v) is 12.2. The van der Waals surface area contributed by atoms with E-state index in [4.69, 9.17) is 13.8 Å². The minimum atomic E-state index is -4.06. The van der Waals surface area contributed by atoms with Crippen molar-refractivity contribution in [1.29, 1.82) is 0 Å². The number of fused-ring (bicyclic) bond motifs is 3. The van der Waals surface area contributed by atoms with Crippen molar-refractivity contribution in [3.8, 4) is 11.5 Å². The Balaban J connectivity index is 1.83. The first-order valence-electron chi connectivity index (χ1n) is 12.4. The largest absolute Gasteiger partial charge is 0.487 e. The lowest BCUT2D eigenvalue weighted by Crippen LogP contribution is -2.48. The minimum Gasteiger partial charge on any atom is -0.487 e. The zero-order chi connectivity index (χ0) is 25.4. The SMILES string of the molecule is CCCCCc1cc2c(c(OS(=O)(=O)c3ccc(C)cc3)c1)[C@@H]1CC(C)(OO)C=C[C@H]1C(C)(C)O2. The van der Waals surface area contributed by atoms with E-state index in [-0.39, 0.29) is 22.5 Å². The first-order valence-corrected chi connectivity index (χ1v) is 13.8. The van der Waals surface area contributed by atoms with Gasteiger partial charge in [0.25, 0.3) is 0 Å². The molecule has 0 saturated carbocycles. The summed E-state index contributed by atoms with van der Waals surface area (Å²) < 4.78 is 38.9. The standard InChI is InChI=1S/C28H36O6S/c1-6-7-8-9-20-16-24-26(22-18-28(5,34-29)15-14-23(22)27(3,4)32-24)25(17-20)33-35(30,31)21-12-10-19(2)11-13-21/h10-17,22-23,29H,6-9,18H2,1-5H3/t22-,23-,28?/m1/s1. The van der Waals surface area contributed by atoms with Gasteiger partial charge >= 0.3 is 10.1 Å². The lowest BCUT2D eigenvalue weighted by molar-refractivity contribution is -0.307. The van der Waals surface area contributed by atoms with Gasteiger partial charge in [-0.05, 0) is 76.8 Å². The molecular weight excluding hydrogens is 464 g/mol. The second-order valence-electron chi connectivity index (χ2n) is 10.6. The second kappa shape index (κ2) is 9.60. The molecule has 0 saturated heterocycles. The third-order valence-electron chi connectivity index (χ3n) is 7.21. The maximum absolute atomic E-state index is 13.3. The summed E-state index contributed by atoms with van der Waals surface area (Å²) in [5.41, 5.74) is 1.23. The van der Waals surface area contributed by atoms with Gasteiger partial charge in [-0.15, -0.1) is 0 Å². The van der Waals surface area contributed by atoms with Crippen molar-refractivity contribution in [1.82, 2.24) is 0 Å². The van der Waals surface area contributed by atoms with Crippen LogP contribution in [-0.2, 0) is 21.4 Å². The van der Waals surface area contributed by atoms with E-state index in [9.17, 15) is 13.7 Å². The molecule has 1 aliphatic heterocycles. The van der Waals surface area contributed by atoms with Crippen molar-refractivity contribution in [3.05, 3.63) is 65.2 Å². The molecule has 190 valence electrons. The van der Waals surface area contributed by atoms with Crippen LogP contribution in [0.15, 0.2) is 53.4 Å². The number of aryl methyl sites for hydroxylation is 2. The number of rotatable bonds is 8. The predicted molar refractivity (Wildman–Crippen MR) is 135 cm³/mol. The Morgan fingerprint density at radius 1 is 1.11 bits per heavy atom. The molecule has 0 bridgehead atoms. The normalized spacial score (nSPS) is 24.9. The van der Waals surface area contributed by atoms with E-state index in [0.29, 0.717) is 17.7 Å². The molecule has 2 aromatic carbocycles. The topological polar surface area (TPSA) is 82.1 Å². The van der Waals surface area contributed by atoms with E-state index in [2.05, 4.69) is 6.92 Å². The zero-order valence-electron chi connectivity index (χ0n) is 21.2. The van der Waals surface area contributed by atoms with Crippen LogP contribution in [0, 0.1) is 12.8 Å². The first kappa shape index (κ1) is 25.7. The summed E-state index contributed by atoms with van der Waals surface area (Å²) in [7, 11) is -4.06. The first-order chi connectivity index (χ1) is 16.5. The molecule has 1 unspecified atom stereocenters. The molecule has 0 radical (unpaired) electrons. The Kier molecular flexibility index (Phi) is 7.06. The summed E-state index contributed by atoms with van der Waals surface area (Å²) in [5.74, 6) is 0.711. The van der Waals surface area contributed by atoms with Crippen molar-refractivity contribution in [2.24, 2.45) is 5.92 Å². The Morgan fingerprint density at radius 3 is 2.49 bits per heavy atom. The lowest BCUT2D eigenvalue weighted by atomic mass is 9.66. The average molecular weight is 501 g/mol. The fourth-order valence-corrected chi connectivity index (χ4v) is 6.20. The molecule has 0 spiro atoms. The maximum Gasteiger partial charge on any atom is 0.339 e. The average Bonchev–Trinajstić information content (AvgIpc) is 2.78. The molecule has 0 fully saturated rings. The van der Waals surface area contributed by atoms with Crippen LogP contribution in [0.1, 0.15) is 76.0 Å². The molecule has 3 atom stereocenters. The van der Waals surface area contributed by atoms with Crippen LogP contribution in [-0.4, -0.2) is 24.9 Å². The molecule has 1 aliphatic carbocycles. The Bertz CT molecular complexity index is 1200. The van der Waals surface area contributed by atoms with Crippen molar-refractivity contribution in [2.45, 2.75) is 88.7 Å². The van der Waals surface area contributed by atoms with Gasteiger partial charge in [0.1, 0.15) is 27.6 Å². The summed E-state index contributed by atoms with van der Waals surface area (Å²) in [4.78, 5) is 4.94. The van der Waals surface area contributed by atoms with Crippen LogP contribution >= 0.6 is 0 Å². The number of benzene rings is 2. The van der Waals surface area contributed by atoms with E-state index in [1.807, 2.05) is 52.0 Å². The molecule has 1 heterocycles. The van der Waals surface area contributed by atoms with Crippen LogP contribution in [0.4, 0.5) is 0 Å². The number of ether oxygens (including phenoxy) is 1. The molecule has 7 heteroatoms. The van der Waals surface area contributed by atoms with Crippen LogP contribution < -0.4 is 8.92 Å². The highest BCUT2D eigenvalue weighted by Crippen LogP contribution is 2.55. The number of hydrogen-bond donors (Lipinski definition) is 1. The van der Waals surface area contributed by atoms with Gasteiger partial charge in [-0.3, -0.25) is 5.26 Å². The van der Waals surface area contributed by atoms with Gasteiger partial charge < -0.3 is 8.92 Å². The lowest BCUT2D eigenvalue weighted by Gasteiger charge is -2.48. The number of hydrogen-bond acceptors (Lipinski definition) is 6. The predicted octanol–water partition coefficient (Wildman–Crippen LogP) is 6.57. The van der Waals surface area contributed by atoms with Crippen molar-refractivity contribution in [3.63, 3.8) is 0 Å². The summed E-state index contributed by atoms with van der Waals surface area (Å²) in [6.45, 7) is 9.94. The smallest absolute Gasteiger partial charge is 0.339 e. The van der Waals surface area contributed by atoms with Crippen molar-refractivity contribution >= 4 is 10.1 Å². The molecule has 0 amide bonds. The Hall–Kier alpha value is -2.35. The van der Waals surface area contributed by atoms with E-state index in [0.717, 1.165) is 36.8 Å². The molecule has 4 rings (SSSR count). The van der Waals surface area contributed by atoms with Crippen LogP contribution in [0.5, 0.6) is 11.5 Å². The van der Waals surface area contributed by atoms with E-state index >= 15 is 0 Å². The quantitative estimate of drug-likeness (QED) is 0.145. The molecule has 1 N–H and O–H groups in total. The molecule has 35 heavy (non-hydrogen) atoms. The summed E-state index contributed by atoms with van der Waals surface area (Å²) in [6, 6.07) is 10.5. The molecule has 6 nitrogen and oxygen atoms in total. The van der Waals surface area contributed by atoms with Gasteiger partial charge in [-0.2, -0.15) is 8.42 Å². The monoisotopic (exact) mass is 500 g/mol. The van der Waals surface area contributed by atoms with Crippen LogP contribution in [0.2, 0.25) is 0 Å². The molecule has 0 aromatic heterocycles. The Labute approximate surface area is 209 Å². The van der Waals surface area contributed by atoms with Gasteiger partial charge in [-0.1, -0.05) is 49.6 Å². The van der Waals surface area contributed by atoms with E-state index < -0.39 is 21.3 Å². The summed E-state index contributed by atoms with van der Waals surface area (Å²) in [6.07, 6.45) is 8.29. The van der Waals surface area contributed by atoms with Gasteiger partial charge in [0.15, 0.2) is 0 Å². The van der Waals surface area contributed by atoms with Gasteiger partial charge in [0.2, 0.25) is 0 Å². The highest BCUT2D eigenvalue weighted by molar-refractivity contribution is 7.87. The maximum atomic E-state index is 13.3. The minimum absolute atomic E-state index is 0.0476. The molecule has 2 aliphatic rings. The molecule has 2 aromatic rings. The van der Waals surface area contributed by atoms with Gasteiger partial charge in [-0.25, -0.2) is 4.89 Å². The Morgan fingerprint density at radius 2 is 1.83 bits per heavy atom. The van der Waals surface area contributed by atoms with Crippen LogP contribution in [0.25, 0.3) is 0 Å². The third kappa shape index (κ3) is 5.27. The molecular formula is C28H36O6S. The van der Waals surface area contributed by atoms with E-state index in [1.54, 1.807) is 24.3 Å². The van der Waals surface area contributed by atoms with Crippen molar-refractivity contribution < 1.29 is 27.5 Å². The highest BCUT2D eigenvalue weighted by atomic mass is 32.2. The van der Waals surface area contributed by atoms with Crippen LogP contribution in [0.3, 0.4) is 0 Å². The third-order valence-corrected chi connectivity index (χ3v) is 8.46. The fourth-order valence-electron chi connectivity index (χ4n) is 5.26. The van der Waals surface area contributed by atoms with Gasteiger partial charge in [0.05, 0.1) is 0 Å². The summed E-state index contributed by atoms with van der Waals surface area (Å²) in [5, 5.41) is 9.60. The van der Waals surface area contributed by atoms with Crippen molar-refractivity contribution in [2.75, 3.05) is 0 Å².